The number of imidazole rings is 1. The molecule has 0 amide bonds. The van der Waals surface area contributed by atoms with Crippen LogP contribution in [0.4, 0.5) is 5.82 Å². The van der Waals surface area contributed by atoms with Crippen LogP contribution in [-0.2, 0) is 4.79 Å². The summed E-state index contributed by atoms with van der Waals surface area (Å²) < 4.78 is 0. The van der Waals surface area contributed by atoms with E-state index >= 15 is 0 Å². The molecule has 2 heterocycles. The molecule has 1 unspecified atom stereocenters. The number of carboxylic acids is 1. The Morgan fingerprint density at radius 2 is 2.10 bits per heavy atom. The molecule has 4 N–H and O–H groups in total. The molecule has 2 aromatic rings. The van der Waals surface area contributed by atoms with Gasteiger partial charge in [-0.1, -0.05) is 20.8 Å². The van der Waals surface area contributed by atoms with Crippen LogP contribution < -0.4 is 11.0 Å². The van der Waals surface area contributed by atoms with Crippen LogP contribution in [0, 0.1) is 5.41 Å². The maximum absolute atomic E-state index is 11.3. The molecule has 108 valence electrons. The Labute approximate surface area is 114 Å². The third-order valence-electron chi connectivity index (χ3n) is 2.74. The number of carboxylic acid groups (broad SMARTS) is 1. The summed E-state index contributed by atoms with van der Waals surface area (Å²) in [6.07, 6.45) is 1.69. The van der Waals surface area contributed by atoms with Gasteiger partial charge in [-0.05, 0) is 11.8 Å². The van der Waals surface area contributed by atoms with Gasteiger partial charge in [-0.3, -0.25) is 4.98 Å². The molecular weight excluding hydrogens is 262 g/mol. The predicted molar refractivity (Wildman–Crippen MR) is 73.6 cm³/mol. The largest absolute Gasteiger partial charge is 0.480 e. The SMILES string of the molecule is CC(C)(C)CC(Nc1ncnc2[nH]c(=O)[nH]c12)C(=O)O. The summed E-state index contributed by atoms with van der Waals surface area (Å²) in [4.78, 5) is 35.5. The number of carbonyl (C=O) groups is 1. The molecule has 1 atom stereocenters. The van der Waals surface area contributed by atoms with Gasteiger partial charge < -0.3 is 15.4 Å². The van der Waals surface area contributed by atoms with E-state index in [9.17, 15) is 14.7 Å². The van der Waals surface area contributed by atoms with Crippen molar-refractivity contribution in [3.63, 3.8) is 0 Å². The monoisotopic (exact) mass is 279 g/mol. The quantitative estimate of drug-likeness (QED) is 0.660. The summed E-state index contributed by atoms with van der Waals surface area (Å²) in [5.74, 6) is -0.672. The molecule has 0 radical (unpaired) electrons. The minimum Gasteiger partial charge on any atom is -0.480 e. The smallest absolute Gasteiger partial charge is 0.326 e. The number of H-pyrrole nitrogens is 2. The van der Waals surface area contributed by atoms with Crippen molar-refractivity contribution in [1.29, 1.82) is 0 Å². The second kappa shape index (κ2) is 4.95. The normalized spacial score (nSPS) is 13.3. The van der Waals surface area contributed by atoms with Gasteiger partial charge in [0, 0.05) is 0 Å². The average Bonchev–Trinajstić information content (AvgIpc) is 2.67. The van der Waals surface area contributed by atoms with Crippen molar-refractivity contribution in [1.82, 2.24) is 19.9 Å². The fraction of sp³-hybridized carbons (Fsp3) is 0.500. The maximum atomic E-state index is 11.3. The highest BCUT2D eigenvalue weighted by atomic mass is 16.4. The zero-order valence-electron chi connectivity index (χ0n) is 11.5. The van der Waals surface area contributed by atoms with Crippen LogP contribution >= 0.6 is 0 Å². The topological polar surface area (TPSA) is 124 Å². The first-order valence-electron chi connectivity index (χ1n) is 6.18. The van der Waals surface area contributed by atoms with Gasteiger partial charge in [-0.15, -0.1) is 0 Å². The lowest BCUT2D eigenvalue weighted by molar-refractivity contribution is -0.138. The van der Waals surface area contributed by atoms with Gasteiger partial charge in [0.25, 0.3) is 0 Å². The second-order valence-electron chi connectivity index (χ2n) is 5.82. The van der Waals surface area contributed by atoms with Crippen molar-refractivity contribution >= 4 is 23.0 Å². The van der Waals surface area contributed by atoms with Crippen molar-refractivity contribution in [2.45, 2.75) is 33.2 Å². The molecule has 0 aliphatic rings. The molecule has 0 aliphatic carbocycles. The summed E-state index contributed by atoms with van der Waals surface area (Å²) in [6, 6.07) is -0.800. The Balaban J connectivity index is 2.33. The Hall–Kier alpha value is -2.38. The van der Waals surface area contributed by atoms with Crippen LogP contribution in [0.25, 0.3) is 11.2 Å². The number of fused-ring (bicyclic) bond motifs is 1. The summed E-state index contributed by atoms with van der Waals surface area (Å²) in [5, 5.41) is 12.1. The molecule has 8 heteroatoms. The van der Waals surface area contributed by atoms with Crippen LogP contribution in [0.1, 0.15) is 27.2 Å². The maximum Gasteiger partial charge on any atom is 0.326 e. The zero-order chi connectivity index (χ0) is 14.9. The molecular formula is C12H17N5O3. The molecule has 0 aliphatic heterocycles. The van der Waals surface area contributed by atoms with Gasteiger partial charge in [0.1, 0.15) is 17.9 Å². The third-order valence-corrected chi connectivity index (χ3v) is 2.74. The van der Waals surface area contributed by atoms with Crippen LogP contribution in [0.5, 0.6) is 0 Å². The van der Waals surface area contributed by atoms with E-state index in [1.54, 1.807) is 0 Å². The average molecular weight is 279 g/mol. The van der Waals surface area contributed by atoms with E-state index in [2.05, 4.69) is 25.3 Å². The summed E-state index contributed by atoms with van der Waals surface area (Å²) in [6.45, 7) is 5.87. The van der Waals surface area contributed by atoms with Crippen LogP contribution in [0.15, 0.2) is 11.1 Å². The number of aromatic amines is 2. The zero-order valence-corrected chi connectivity index (χ0v) is 11.5. The van der Waals surface area contributed by atoms with E-state index in [-0.39, 0.29) is 5.41 Å². The molecule has 0 saturated carbocycles. The highest BCUT2D eigenvalue weighted by Crippen LogP contribution is 2.24. The van der Waals surface area contributed by atoms with Crippen molar-refractivity contribution in [3.05, 3.63) is 16.8 Å². The minimum absolute atomic E-state index is 0.159. The minimum atomic E-state index is -0.968. The standard InChI is InChI=1S/C12H17N5O3/c1-12(2,3)4-6(10(18)19)15-8-7-9(14-5-13-8)17-11(20)16-7/h5-6H,4H2,1-3H3,(H,18,19)(H3,13,14,15,16,17,20). The molecule has 0 saturated heterocycles. The lowest BCUT2D eigenvalue weighted by Crippen LogP contribution is -2.33. The summed E-state index contributed by atoms with van der Waals surface area (Å²) in [5.41, 5.74) is 0.143. The van der Waals surface area contributed by atoms with Crippen LogP contribution in [-0.4, -0.2) is 37.1 Å². The van der Waals surface area contributed by atoms with Crippen molar-refractivity contribution in [2.24, 2.45) is 5.41 Å². The number of aromatic nitrogens is 4. The van der Waals surface area contributed by atoms with E-state index in [1.807, 2.05) is 20.8 Å². The number of rotatable bonds is 4. The Morgan fingerprint density at radius 1 is 1.40 bits per heavy atom. The Bertz CT molecular complexity index is 682. The van der Waals surface area contributed by atoms with E-state index in [0.717, 1.165) is 0 Å². The van der Waals surface area contributed by atoms with Crippen molar-refractivity contribution in [2.75, 3.05) is 5.32 Å². The fourth-order valence-electron chi connectivity index (χ4n) is 1.94. The second-order valence-corrected chi connectivity index (χ2v) is 5.82. The molecule has 2 aromatic heterocycles. The first kappa shape index (κ1) is 14.0. The summed E-state index contributed by atoms with van der Waals surface area (Å²) >= 11 is 0. The predicted octanol–water partition coefficient (Wildman–Crippen LogP) is 0.947. The van der Waals surface area contributed by atoms with Crippen molar-refractivity contribution < 1.29 is 9.90 Å². The lowest BCUT2D eigenvalue weighted by atomic mass is 9.88. The number of hydrogen-bond donors (Lipinski definition) is 4. The van der Waals surface area contributed by atoms with E-state index in [4.69, 9.17) is 0 Å². The number of nitrogens with zero attached hydrogens (tertiary/aromatic N) is 2. The molecule has 0 aromatic carbocycles. The van der Waals surface area contributed by atoms with Gasteiger partial charge in [-0.2, -0.15) is 0 Å². The van der Waals surface area contributed by atoms with E-state index in [0.29, 0.717) is 23.4 Å². The molecule has 0 spiro atoms. The molecule has 20 heavy (non-hydrogen) atoms. The van der Waals surface area contributed by atoms with Crippen molar-refractivity contribution in [3.8, 4) is 0 Å². The molecule has 8 nitrogen and oxygen atoms in total. The highest BCUT2D eigenvalue weighted by Gasteiger charge is 2.25. The lowest BCUT2D eigenvalue weighted by Gasteiger charge is -2.24. The van der Waals surface area contributed by atoms with E-state index in [1.165, 1.54) is 6.33 Å². The number of anilines is 1. The van der Waals surface area contributed by atoms with Gasteiger partial charge in [0.2, 0.25) is 0 Å². The van der Waals surface area contributed by atoms with Gasteiger partial charge in [0.05, 0.1) is 0 Å². The molecule has 0 fully saturated rings. The van der Waals surface area contributed by atoms with Gasteiger partial charge >= 0.3 is 11.7 Å². The number of hydrogen-bond acceptors (Lipinski definition) is 5. The Morgan fingerprint density at radius 3 is 2.70 bits per heavy atom. The number of nitrogens with one attached hydrogen (secondary N) is 3. The third kappa shape index (κ3) is 3.14. The molecule has 2 rings (SSSR count). The van der Waals surface area contributed by atoms with E-state index < -0.39 is 17.7 Å². The first-order chi connectivity index (χ1) is 9.26. The number of aliphatic carboxylic acids is 1. The Kier molecular flexibility index (Phi) is 3.47. The van der Waals surface area contributed by atoms with Crippen LogP contribution in [0.2, 0.25) is 0 Å². The first-order valence-corrected chi connectivity index (χ1v) is 6.18. The highest BCUT2D eigenvalue weighted by molar-refractivity contribution is 5.85. The van der Waals surface area contributed by atoms with Gasteiger partial charge in [0.15, 0.2) is 11.5 Å². The van der Waals surface area contributed by atoms with Crippen LogP contribution in [0.3, 0.4) is 0 Å². The fourth-order valence-corrected chi connectivity index (χ4v) is 1.94. The summed E-state index contributed by atoms with van der Waals surface area (Å²) in [7, 11) is 0. The molecule has 0 bridgehead atoms. The van der Waals surface area contributed by atoms with Gasteiger partial charge in [-0.25, -0.2) is 19.6 Å².